The molecule has 0 saturated heterocycles. The van der Waals surface area contributed by atoms with Crippen molar-refractivity contribution >= 4 is 23.5 Å². The van der Waals surface area contributed by atoms with Crippen molar-refractivity contribution in [3.8, 4) is 0 Å². The molecular formula is C28H31FN4O3. The summed E-state index contributed by atoms with van der Waals surface area (Å²) in [6.07, 6.45) is 1.40. The van der Waals surface area contributed by atoms with E-state index in [4.69, 9.17) is 0 Å². The van der Waals surface area contributed by atoms with Gasteiger partial charge in [0.25, 0.3) is 0 Å². The Balaban J connectivity index is 1.85. The van der Waals surface area contributed by atoms with E-state index in [1.54, 1.807) is 12.3 Å². The second-order valence-corrected chi connectivity index (χ2v) is 8.89. The van der Waals surface area contributed by atoms with Gasteiger partial charge in [-0.15, -0.1) is 0 Å². The summed E-state index contributed by atoms with van der Waals surface area (Å²) in [6.45, 7) is 5.69. The Hall–Kier alpha value is -4.07. The van der Waals surface area contributed by atoms with Gasteiger partial charge in [-0.05, 0) is 61.7 Å². The van der Waals surface area contributed by atoms with E-state index in [-0.39, 0.29) is 43.1 Å². The fourth-order valence-electron chi connectivity index (χ4n) is 3.76. The minimum Gasteiger partial charge on any atom is -0.352 e. The summed E-state index contributed by atoms with van der Waals surface area (Å²) in [5, 5.41) is 5.57. The number of halogens is 1. The summed E-state index contributed by atoms with van der Waals surface area (Å²) in [7, 11) is 0. The lowest BCUT2D eigenvalue weighted by Gasteiger charge is -2.32. The standard InChI is InChI=1S/C28H31FN4O3/c1-19(2)31-28(36)27(22-9-11-23(29)12-10-22)33(18-21-7-5-4-6-8-21)26(35)14-13-25(34)32-24-17-20(3)15-16-30-24/h4-12,15-17,19,27H,13-14,18H2,1-3H3,(H,31,36)(H,30,32,34)/t27-/m1/s1. The first-order valence-electron chi connectivity index (χ1n) is 11.8. The van der Waals surface area contributed by atoms with Crippen molar-refractivity contribution in [2.75, 3.05) is 5.32 Å². The maximum absolute atomic E-state index is 13.7. The van der Waals surface area contributed by atoms with Crippen molar-refractivity contribution in [2.45, 2.75) is 52.2 Å². The Morgan fingerprint density at radius 2 is 1.67 bits per heavy atom. The molecule has 0 aliphatic rings. The third-order valence-corrected chi connectivity index (χ3v) is 5.44. The summed E-state index contributed by atoms with van der Waals surface area (Å²) >= 11 is 0. The third kappa shape index (κ3) is 7.73. The fourth-order valence-corrected chi connectivity index (χ4v) is 3.76. The lowest BCUT2D eigenvalue weighted by molar-refractivity contribution is -0.142. The first-order valence-corrected chi connectivity index (χ1v) is 11.8. The highest BCUT2D eigenvalue weighted by Crippen LogP contribution is 2.26. The van der Waals surface area contributed by atoms with Crippen LogP contribution in [0, 0.1) is 12.7 Å². The van der Waals surface area contributed by atoms with E-state index in [2.05, 4.69) is 15.6 Å². The number of carbonyl (C=O) groups is 3. The number of rotatable bonds is 10. The van der Waals surface area contributed by atoms with Crippen LogP contribution in [0.4, 0.5) is 10.2 Å². The van der Waals surface area contributed by atoms with Gasteiger partial charge in [0.1, 0.15) is 17.7 Å². The molecule has 1 heterocycles. The average Bonchev–Trinajstić information content (AvgIpc) is 2.83. The topological polar surface area (TPSA) is 91.4 Å². The molecule has 0 spiro atoms. The van der Waals surface area contributed by atoms with Crippen LogP contribution in [0.1, 0.15) is 49.4 Å². The zero-order valence-corrected chi connectivity index (χ0v) is 20.7. The van der Waals surface area contributed by atoms with Gasteiger partial charge >= 0.3 is 0 Å². The third-order valence-electron chi connectivity index (χ3n) is 5.44. The van der Waals surface area contributed by atoms with Gasteiger partial charge in [0.05, 0.1) is 0 Å². The maximum Gasteiger partial charge on any atom is 0.247 e. The molecule has 3 aromatic rings. The molecule has 0 bridgehead atoms. The van der Waals surface area contributed by atoms with Crippen LogP contribution in [0.5, 0.6) is 0 Å². The van der Waals surface area contributed by atoms with Gasteiger partial charge in [-0.25, -0.2) is 9.37 Å². The van der Waals surface area contributed by atoms with Crippen LogP contribution in [0.3, 0.4) is 0 Å². The van der Waals surface area contributed by atoms with Crippen LogP contribution in [0.15, 0.2) is 72.9 Å². The van der Waals surface area contributed by atoms with Crippen LogP contribution in [0.2, 0.25) is 0 Å². The average molecular weight is 491 g/mol. The number of nitrogens with zero attached hydrogens (tertiary/aromatic N) is 2. The second-order valence-electron chi connectivity index (χ2n) is 8.89. The molecule has 2 aromatic carbocycles. The van der Waals surface area contributed by atoms with Crippen molar-refractivity contribution in [3.05, 3.63) is 95.4 Å². The highest BCUT2D eigenvalue weighted by Gasteiger charge is 2.32. The lowest BCUT2D eigenvalue weighted by Crippen LogP contribution is -2.45. The molecule has 7 nitrogen and oxygen atoms in total. The van der Waals surface area contributed by atoms with Crippen LogP contribution in [0.25, 0.3) is 0 Å². The van der Waals surface area contributed by atoms with Crippen LogP contribution >= 0.6 is 0 Å². The highest BCUT2D eigenvalue weighted by atomic mass is 19.1. The summed E-state index contributed by atoms with van der Waals surface area (Å²) < 4.78 is 13.7. The number of anilines is 1. The van der Waals surface area contributed by atoms with E-state index >= 15 is 0 Å². The number of benzene rings is 2. The molecule has 0 radical (unpaired) electrons. The van der Waals surface area contributed by atoms with Gasteiger partial charge < -0.3 is 15.5 Å². The summed E-state index contributed by atoms with van der Waals surface area (Å²) in [5.74, 6) is -1.14. The number of aryl methyl sites for hydroxylation is 1. The van der Waals surface area contributed by atoms with Gasteiger partial charge in [0, 0.05) is 31.6 Å². The van der Waals surface area contributed by atoms with Gasteiger partial charge in [-0.1, -0.05) is 42.5 Å². The molecule has 36 heavy (non-hydrogen) atoms. The van der Waals surface area contributed by atoms with Crippen LogP contribution in [-0.2, 0) is 20.9 Å². The molecule has 0 saturated carbocycles. The monoisotopic (exact) mass is 490 g/mol. The molecule has 188 valence electrons. The first kappa shape index (κ1) is 26.5. The summed E-state index contributed by atoms with van der Waals surface area (Å²) in [6, 6.07) is 17.2. The van der Waals surface area contributed by atoms with Crippen molar-refractivity contribution in [3.63, 3.8) is 0 Å². The number of nitrogens with one attached hydrogen (secondary N) is 2. The molecule has 0 fully saturated rings. The van der Waals surface area contributed by atoms with Crippen LogP contribution < -0.4 is 10.6 Å². The quantitative estimate of drug-likeness (QED) is 0.436. The number of aromatic nitrogens is 1. The SMILES string of the molecule is Cc1ccnc(NC(=O)CCC(=O)N(Cc2ccccc2)[C@@H](C(=O)NC(C)C)c2ccc(F)cc2)c1. The predicted molar refractivity (Wildman–Crippen MR) is 136 cm³/mol. The van der Waals surface area contributed by atoms with Crippen molar-refractivity contribution in [1.29, 1.82) is 0 Å². The Morgan fingerprint density at radius 3 is 2.31 bits per heavy atom. The minimum absolute atomic E-state index is 0.0817. The Morgan fingerprint density at radius 1 is 0.972 bits per heavy atom. The van der Waals surface area contributed by atoms with Crippen molar-refractivity contribution in [2.24, 2.45) is 0 Å². The van der Waals surface area contributed by atoms with Crippen molar-refractivity contribution < 1.29 is 18.8 Å². The second kappa shape index (κ2) is 12.6. The molecule has 0 aliphatic carbocycles. The molecular weight excluding hydrogens is 459 g/mol. The van der Waals surface area contributed by atoms with E-state index in [9.17, 15) is 18.8 Å². The van der Waals surface area contributed by atoms with E-state index in [1.165, 1.54) is 29.2 Å². The fraction of sp³-hybridized carbons (Fsp3) is 0.286. The number of pyridine rings is 1. The molecule has 0 aliphatic heterocycles. The smallest absolute Gasteiger partial charge is 0.247 e. The van der Waals surface area contributed by atoms with Crippen molar-refractivity contribution in [1.82, 2.24) is 15.2 Å². The normalized spacial score (nSPS) is 11.6. The molecule has 3 rings (SSSR count). The molecule has 2 N–H and O–H groups in total. The first-order chi connectivity index (χ1) is 17.2. The molecule has 0 unspecified atom stereocenters. The van der Waals surface area contributed by atoms with E-state index in [0.717, 1.165) is 11.1 Å². The highest BCUT2D eigenvalue weighted by molar-refractivity contribution is 5.94. The molecule has 3 amide bonds. The molecule has 1 atom stereocenters. The van der Waals surface area contributed by atoms with Gasteiger partial charge in [-0.3, -0.25) is 14.4 Å². The Labute approximate surface area is 210 Å². The molecule has 1 aromatic heterocycles. The van der Waals surface area contributed by atoms with E-state index in [0.29, 0.717) is 11.4 Å². The number of hydrogen-bond donors (Lipinski definition) is 2. The summed E-state index contributed by atoms with van der Waals surface area (Å²) in [4.78, 5) is 44.9. The Kier molecular flexibility index (Phi) is 9.27. The summed E-state index contributed by atoms with van der Waals surface area (Å²) in [5.41, 5.74) is 2.25. The van der Waals surface area contributed by atoms with E-state index < -0.39 is 11.9 Å². The number of carbonyl (C=O) groups excluding carboxylic acids is 3. The van der Waals surface area contributed by atoms with E-state index in [1.807, 2.05) is 57.2 Å². The minimum atomic E-state index is -0.998. The predicted octanol–water partition coefficient (Wildman–Crippen LogP) is 4.54. The largest absolute Gasteiger partial charge is 0.352 e. The van der Waals surface area contributed by atoms with Gasteiger partial charge in [-0.2, -0.15) is 0 Å². The lowest BCUT2D eigenvalue weighted by atomic mass is 10.0. The van der Waals surface area contributed by atoms with Gasteiger partial charge in [0.2, 0.25) is 17.7 Å². The zero-order valence-electron chi connectivity index (χ0n) is 20.7. The zero-order chi connectivity index (χ0) is 26.1. The maximum atomic E-state index is 13.7. The molecule has 8 heteroatoms. The number of hydrogen-bond acceptors (Lipinski definition) is 4. The number of amides is 3. The Bertz CT molecular complexity index is 1180. The van der Waals surface area contributed by atoms with Crippen LogP contribution in [-0.4, -0.2) is 33.6 Å². The van der Waals surface area contributed by atoms with Gasteiger partial charge in [0.15, 0.2) is 0 Å².